The molecule has 1 rings (SSSR count). The van der Waals surface area contributed by atoms with Crippen LogP contribution in [-0.4, -0.2) is 30.8 Å². The Balaban J connectivity index is 2.89. The molecule has 23 heavy (non-hydrogen) atoms. The van der Waals surface area contributed by atoms with E-state index in [0.29, 0.717) is 17.7 Å². The fourth-order valence-corrected chi connectivity index (χ4v) is 2.39. The monoisotopic (exact) mass is 362 g/mol. The number of ether oxygens (including phenoxy) is 2. The van der Waals surface area contributed by atoms with Crippen molar-refractivity contribution in [2.24, 2.45) is 5.41 Å². The van der Waals surface area contributed by atoms with E-state index in [2.05, 4.69) is 0 Å². The van der Waals surface area contributed by atoms with Crippen LogP contribution in [0.2, 0.25) is 10.0 Å². The first-order chi connectivity index (χ1) is 10.7. The lowest BCUT2D eigenvalue weighted by Crippen LogP contribution is -2.18. The minimum atomic E-state index is -0.888. The maximum absolute atomic E-state index is 12.5. The van der Waals surface area contributed by atoms with Crippen molar-refractivity contribution in [2.75, 3.05) is 13.9 Å². The molecule has 0 atom stereocenters. The number of aliphatic carboxylic acids is 1. The molecule has 0 aliphatic heterocycles. The summed E-state index contributed by atoms with van der Waals surface area (Å²) in [4.78, 5) is 23.3. The van der Waals surface area contributed by atoms with Crippen LogP contribution in [0.4, 0.5) is 0 Å². The van der Waals surface area contributed by atoms with Gasteiger partial charge in [-0.1, -0.05) is 37.0 Å². The summed E-state index contributed by atoms with van der Waals surface area (Å²) in [5, 5.41) is 9.42. The summed E-state index contributed by atoms with van der Waals surface area (Å²) in [5.74, 6) is -0.781. The number of halogens is 2. The number of carbonyl (C=O) groups is 2. The van der Waals surface area contributed by atoms with Crippen molar-refractivity contribution in [3.63, 3.8) is 0 Å². The van der Waals surface area contributed by atoms with Gasteiger partial charge in [-0.2, -0.15) is 0 Å². The number of carboxylic acid groups (broad SMARTS) is 1. The molecule has 0 heterocycles. The van der Waals surface area contributed by atoms with Crippen molar-refractivity contribution in [1.29, 1.82) is 0 Å². The number of benzene rings is 1. The minimum Gasteiger partial charge on any atom is -0.481 e. The predicted octanol–water partition coefficient (Wildman–Crippen LogP) is 4.44. The molecule has 0 fully saturated rings. The van der Waals surface area contributed by atoms with Gasteiger partial charge in [0.05, 0.1) is 22.0 Å². The van der Waals surface area contributed by atoms with Gasteiger partial charge in [-0.15, -0.1) is 0 Å². The Kier molecular flexibility index (Phi) is 7.32. The summed E-state index contributed by atoms with van der Waals surface area (Å²) in [6.45, 7) is 3.60. The van der Waals surface area contributed by atoms with E-state index in [4.69, 9.17) is 37.8 Å². The molecule has 1 aromatic carbocycles. The normalized spacial score (nSPS) is 11.3. The molecule has 0 unspecified atom stereocenters. The van der Waals surface area contributed by atoms with Crippen molar-refractivity contribution in [3.8, 4) is 5.75 Å². The maximum atomic E-state index is 12.5. The minimum absolute atomic E-state index is 0.00527. The first-order valence-corrected chi connectivity index (χ1v) is 7.77. The molecule has 5 nitrogen and oxygen atoms in total. The number of ketones is 1. The van der Waals surface area contributed by atoms with Gasteiger partial charge in [0.15, 0.2) is 12.6 Å². The number of methoxy groups -OCH3 is 1. The van der Waals surface area contributed by atoms with E-state index >= 15 is 0 Å². The van der Waals surface area contributed by atoms with Crippen LogP contribution < -0.4 is 4.74 Å². The first kappa shape index (κ1) is 19.7. The highest BCUT2D eigenvalue weighted by molar-refractivity contribution is 6.42. The number of hydrogen-bond acceptors (Lipinski definition) is 4. The zero-order valence-corrected chi connectivity index (χ0v) is 14.8. The van der Waals surface area contributed by atoms with Gasteiger partial charge in [0.25, 0.3) is 0 Å². The van der Waals surface area contributed by atoms with Gasteiger partial charge in [0, 0.05) is 19.6 Å². The third-order valence-electron chi connectivity index (χ3n) is 3.31. The molecule has 0 saturated carbocycles. The van der Waals surface area contributed by atoms with Gasteiger partial charge in [-0.25, -0.2) is 0 Å². The Morgan fingerprint density at radius 3 is 2.39 bits per heavy atom. The number of hydrogen-bond donors (Lipinski definition) is 1. The molecule has 0 radical (unpaired) electrons. The summed E-state index contributed by atoms with van der Waals surface area (Å²) >= 11 is 11.9. The van der Waals surface area contributed by atoms with E-state index in [0.717, 1.165) is 0 Å². The lowest BCUT2D eigenvalue weighted by Gasteiger charge is -2.22. The van der Waals surface area contributed by atoms with Crippen molar-refractivity contribution in [2.45, 2.75) is 33.1 Å². The van der Waals surface area contributed by atoms with E-state index < -0.39 is 11.4 Å². The number of carbonyl (C=O) groups excluding carboxylic acids is 1. The molecule has 1 aromatic rings. The molecular formula is C16H20Cl2O5. The zero-order valence-electron chi connectivity index (χ0n) is 13.3. The first-order valence-electron chi connectivity index (χ1n) is 7.02. The summed E-state index contributed by atoms with van der Waals surface area (Å²) in [6, 6.07) is 2.93. The smallest absolute Gasteiger partial charge is 0.303 e. The Labute approximate surface area is 145 Å². The van der Waals surface area contributed by atoms with Gasteiger partial charge < -0.3 is 14.6 Å². The van der Waals surface area contributed by atoms with Crippen LogP contribution in [0, 0.1) is 5.41 Å². The molecule has 0 aromatic heterocycles. The van der Waals surface area contributed by atoms with Crippen LogP contribution in [0.25, 0.3) is 0 Å². The van der Waals surface area contributed by atoms with Crippen LogP contribution in [0.15, 0.2) is 12.1 Å². The van der Waals surface area contributed by atoms with Crippen molar-refractivity contribution < 1.29 is 24.2 Å². The lowest BCUT2D eigenvalue weighted by atomic mass is 9.83. The van der Waals surface area contributed by atoms with Crippen molar-refractivity contribution in [3.05, 3.63) is 27.7 Å². The number of rotatable bonds is 9. The highest BCUT2D eigenvalue weighted by atomic mass is 35.5. The summed E-state index contributed by atoms with van der Waals surface area (Å²) in [7, 11) is 1.47. The molecule has 0 saturated heterocycles. The van der Waals surface area contributed by atoms with E-state index in [-0.39, 0.29) is 35.5 Å². The summed E-state index contributed by atoms with van der Waals surface area (Å²) in [6.07, 6.45) is 0.609. The molecule has 0 bridgehead atoms. The van der Waals surface area contributed by atoms with Crippen LogP contribution in [0.5, 0.6) is 5.75 Å². The van der Waals surface area contributed by atoms with Crippen LogP contribution >= 0.6 is 23.2 Å². The van der Waals surface area contributed by atoms with Crippen molar-refractivity contribution in [1.82, 2.24) is 0 Å². The van der Waals surface area contributed by atoms with E-state index in [9.17, 15) is 9.59 Å². The Morgan fingerprint density at radius 2 is 1.83 bits per heavy atom. The Bertz CT molecular complexity index is 584. The molecule has 0 spiro atoms. The predicted molar refractivity (Wildman–Crippen MR) is 88.6 cm³/mol. The molecule has 128 valence electrons. The molecular weight excluding hydrogens is 343 g/mol. The van der Waals surface area contributed by atoms with E-state index in [1.165, 1.54) is 19.2 Å². The number of carboxylic acids is 1. The largest absolute Gasteiger partial charge is 0.481 e. The lowest BCUT2D eigenvalue weighted by molar-refractivity contribution is -0.139. The second kappa shape index (κ2) is 8.52. The average molecular weight is 363 g/mol. The second-order valence-corrected chi connectivity index (χ2v) is 6.79. The summed E-state index contributed by atoms with van der Waals surface area (Å²) in [5.41, 5.74) is -0.173. The average Bonchev–Trinajstić information content (AvgIpc) is 2.44. The third kappa shape index (κ3) is 6.37. The Morgan fingerprint density at radius 1 is 1.22 bits per heavy atom. The molecule has 1 N–H and O–H groups in total. The van der Waals surface area contributed by atoms with Gasteiger partial charge in [0.2, 0.25) is 0 Å². The van der Waals surface area contributed by atoms with Crippen molar-refractivity contribution >= 4 is 35.0 Å². The Hall–Kier alpha value is -1.30. The van der Waals surface area contributed by atoms with Gasteiger partial charge in [0.1, 0.15) is 5.75 Å². The standard InChI is InChI=1S/C16H20Cl2O5/c1-16(2,8-15(20)21)5-4-13(19)10-6-11(17)12(18)7-14(10)23-9-22-3/h6-7H,4-5,8-9H2,1-3H3,(H,20,21). The van der Waals surface area contributed by atoms with E-state index in [1.54, 1.807) is 0 Å². The molecule has 0 aliphatic rings. The summed E-state index contributed by atoms with van der Waals surface area (Å²) < 4.78 is 10.2. The van der Waals surface area contributed by atoms with Crippen LogP contribution in [-0.2, 0) is 9.53 Å². The van der Waals surface area contributed by atoms with Gasteiger partial charge in [-0.05, 0) is 17.9 Å². The van der Waals surface area contributed by atoms with Crippen LogP contribution in [0.1, 0.15) is 43.5 Å². The molecule has 0 amide bonds. The quantitative estimate of drug-likeness (QED) is 0.519. The maximum Gasteiger partial charge on any atom is 0.303 e. The number of Topliss-reactive ketones (excluding diaryl/α,β-unsaturated/α-hetero) is 1. The topological polar surface area (TPSA) is 72.8 Å². The highest BCUT2D eigenvalue weighted by Gasteiger charge is 2.24. The molecule has 7 heteroatoms. The third-order valence-corrected chi connectivity index (χ3v) is 4.04. The van der Waals surface area contributed by atoms with Gasteiger partial charge >= 0.3 is 5.97 Å². The zero-order chi connectivity index (χ0) is 17.6. The van der Waals surface area contributed by atoms with Crippen LogP contribution in [0.3, 0.4) is 0 Å². The van der Waals surface area contributed by atoms with E-state index in [1.807, 2.05) is 13.8 Å². The fourth-order valence-electron chi connectivity index (χ4n) is 2.07. The second-order valence-electron chi connectivity index (χ2n) is 5.97. The highest BCUT2D eigenvalue weighted by Crippen LogP contribution is 2.33. The molecule has 0 aliphatic carbocycles. The fraction of sp³-hybridized carbons (Fsp3) is 0.500. The van der Waals surface area contributed by atoms with Gasteiger partial charge in [-0.3, -0.25) is 9.59 Å². The SMILES string of the molecule is COCOc1cc(Cl)c(Cl)cc1C(=O)CCC(C)(C)CC(=O)O.